The van der Waals surface area contributed by atoms with E-state index in [0.717, 1.165) is 5.56 Å². The largest absolute Gasteiger partial charge is 0.349 e. The summed E-state index contributed by atoms with van der Waals surface area (Å²) in [6.07, 6.45) is 8.11. The molecule has 0 heterocycles. The van der Waals surface area contributed by atoms with Crippen molar-refractivity contribution in [2.75, 3.05) is 13.2 Å². The van der Waals surface area contributed by atoms with E-state index in [9.17, 15) is 0 Å². The summed E-state index contributed by atoms with van der Waals surface area (Å²) in [6.45, 7) is 12.3. The fourth-order valence-corrected chi connectivity index (χ4v) is 4.27. The topological polar surface area (TPSA) is 18.5 Å². The summed E-state index contributed by atoms with van der Waals surface area (Å²) >= 11 is 0. The number of benzene rings is 2. The van der Waals surface area contributed by atoms with E-state index in [0.29, 0.717) is 13.2 Å². The molecule has 2 aromatic rings. The maximum atomic E-state index is 5.74. The fourth-order valence-electron chi connectivity index (χ4n) is 4.27. The predicted molar refractivity (Wildman–Crippen MR) is 119 cm³/mol. The van der Waals surface area contributed by atoms with Crippen LogP contribution in [0.2, 0.25) is 0 Å². The van der Waals surface area contributed by atoms with E-state index in [-0.39, 0.29) is 11.7 Å². The number of ether oxygens (including phenoxy) is 2. The minimum Gasteiger partial charge on any atom is -0.349 e. The van der Waals surface area contributed by atoms with E-state index in [1.54, 1.807) is 0 Å². The Labute approximate surface area is 170 Å². The van der Waals surface area contributed by atoms with Crippen LogP contribution in [0.5, 0.6) is 0 Å². The zero-order chi connectivity index (χ0) is 20.1. The molecule has 0 unspecified atom stereocenters. The lowest BCUT2D eigenvalue weighted by molar-refractivity contribution is -0.140. The van der Waals surface area contributed by atoms with Crippen molar-refractivity contribution in [2.24, 2.45) is 5.41 Å². The zero-order valence-corrected chi connectivity index (χ0v) is 18.0. The van der Waals surface area contributed by atoms with Crippen molar-refractivity contribution in [3.8, 4) is 0 Å². The molecule has 1 aliphatic carbocycles. The van der Waals surface area contributed by atoms with Crippen LogP contribution in [0.25, 0.3) is 16.8 Å². The Morgan fingerprint density at radius 1 is 0.964 bits per heavy atom. The molecule has 0 spiro atoms. The highest BCUT2D eigenvalue weighted by molar-refractivity contribution is 5.85. The monoisotopic (exact) mass is 378 g/mol. The van der Waals surface area contributed by atoms with Gasteiger partial charge in [0.1, 0.15) is 0 Å². The van der Waals surface area contributed by atoms with Gasteiger partial charge in [0.25, 0.3) is 0 Å². The molecule has 0 fully saturated rings. The third-order valence-electron chi connectivity index (χ3n) is 5.78. The van der Waals surface area contributed by atoms with Crippen molar-refractivity contribution in [3.63, 3.8) is 0 Å². The second kappa shape index (κ2) is 9.07. The second-order valence-electron chi connectivity index (χ2n) is 8.37. The van der Waals surface area contributed by atoms with Crippen molar-refractivity contribution in [2.45, 2.75) is 60.2 Å². The van der Waals surface area contributed by atoms with E-state index in [1.807, 2.05) is 13.8 Å². The van der Waals surface area contributed by atoms with Crippen molar-refractivity contribution < 1.29 is 9.47 Å². The van der Waals surface area contributed by atoms with Crippen molar-refractivity contribution in [1.82, 2.24) is 0 Å². The number of fused-ring (bicyclic) bond motifs is 1. The van der Waals surface area contributed by atoms with E-state index >= 15 is 0 Å². The average molecular weight is 379 g/mol. The third kappa shape index (κ3) is 4.74. The quantitative estimate of drug-likeness (QED) is 0.466. The molecule has 0 atom stereocenters. The maximum Gasteiger partial charge on any atom is 0.183 e. The minimum atomic E-state index is -0.289. The van der Waals surface area contributed by atoms with Crippen LogP contribution in [0.1, 0.15) is 71.3 Å². The summed E-state index contributed by atoms with van der Waals surface area (Å²) in [7, 11) is 0. The number of rotatable bonds is 7. The molecule has 2 heteroatoms. The molecule has 0 radical (unpaired) electrons. The molecule has 0 saturated heterocycles. The number of hydrogen-bond acceptors (Lipinski definition) is 2. The SMILES string of the molecule is CCOC(OCC)c1ccc2cc(C=CC3=C(C)CCCC3(C)C)ccc2c1. The molecule has 150 valence electrons. The fraction of sp³-hybridized carbons (Fsp3) is 0.462. The Kier molecular flexibility index (Phi) is 6.74. The second-order valence-corrected chi connectivity index (χ2v) is 8.37. The average Bonchev–Trinajstić information content (AvgIpc) is 2.66. The van der Waals surface area contributed by atoms with E-state index < -0.39 is 0 Å². The Bertz CT molecular complexity index is 867. The first-order valence-corrected chi connectivity index (χ1v) is 10.6. The van der Waals surface area contributed by atoms with Gasteiger partial charge >= 0.3 is 0 Å². The molecule has 0 saturated carbocycles. The highest BCUT2D eigenvalue weighted by Crippen LogP contribution is 2.41. The molecule has 3 rings (SSSR count). The number of hydrogen-bond donors (Lipinski definition) is 0. The Morgan fingerprint density at radius 2 is 1.64 bits per heavy atom. The smallest absolute Gasteiger partial charge is 0.183 e. The summed E-state index contributed by atoms with van der Waals surface area (Å²) in [5.74, 6) is 0. The maximum absolute atomic E-state index is 5.74. The molecular weight excluding hydrogens is 344 g/mol. The van der Waals surface area contributed by atoms with Gasteiger partial charge in [0.2, 0.25) is 0 Å². The molecule has 0 amide bonds. The van der Waals surface area contributed by atoms with Gasteiger partial charge in [-0.3, -0.25) is 0 Å². The Morgan fingerprint density at radius 3 is 2.32 bits per heavy atom. The van der Waals surface area contributed by atoms with Gasteiger partial charge < -0.3 is 9.47 Å². The molecule has 1 aliphatic rings. The molecule has 2 aromatic carbocycles. The van der Waals surface area contributed by atoms with Gasteiger partial charge in [0.05, 0.1) is 0 Å². The minimum absolute atomic E-state index is 0.276. The van der Waals surface area contributed by atoms with Gasteiger partial charge in [-0.05, 0) is 79.5 Å². The summed E-state index contributed by atoms with van der Waals surface area (Å²) in [5.41, 5.74) is 5.64. The summed E-state index contributed by atoms with van der Waals surface area (Å²) in [4.78, 5) is 0. The summed E-state index contributed by atoms with van der Waals surface area (Å²) in [5, 5.41) is 2.46. The van der Waals surface area contributed by atoms with Crippen molar-refractivity contribution >= 4 is 16.8 Å². The van der Waals surface area contributed by atoms with Crippen molar-refractivity contribution in [1.29, 1.82) is 0 Å². The standard InChI is InChI=1S/C26H34O2/c1-6-27-25(28-7-2)23-14-13-21-17-20(10-12-22(21)18-23)11-15-24-19(3)9-8-16-26(24,4)5/h10-15,17-18,25H,6-9,16H2,1-5H3. The zero-order valence-electron chi connectivity index (χ0n) is 18.0. The highest BCUT2D eigenvalue weighted by atomic mass is 16.7. The van der Waals surface area contributed by atoms with Crippen LogP contribution in [-0.2, 0) is 9.47 Å². The predicted octanol–water partition coefficient (Wildman–Crippen LogP) is 7.45. The van der Waals surface area contributed by atoms with Crippen LogP contribution in [0, 0.1) is 5.41 Å². The molecule has 0 N–H and O–H groups in total. The lowest BCUT2D eigenvalue weighted by atomic mass is 9.72. The van der Waals surface area contributed by atoms with Crippen LogP contribution in [0.3, 0.4) is 0 Å². The summed E-state index contributed by atoms with van der Waals surface area (Å²) in [6, 6.07) is 13.1. The van der Waals surface area contributed by atoms with Gasteiger partial charge in [-0.2, -0.15) is 0 Å². The van der Waals surface area contributed by atoms with Crippen molar-refractivity contribution in [3.05, 3.63) is 64.7 Å². The first-order chi connectivity index (χ1) is 13.4. The van der Waals surface area contributed by atoms with E-state index in [1.165, 1.54) is 46.7 Å². The van der Waals surface area contributed by atoms with E-state index in [2.05, 4.69) is 69.3 Å². The van der Waals surface area contributed by atoms with Crippen LogP contribution in [-0.4, -0.2) is 13.2 Å². The van der Waals surface area contributed by atoms with Gasteiger partial charge in [0.15, 0.2) is 6.29 Å². The first kappa shape index (κ1) is 20.8. The lowest BCUT2D eigenvalue weighted by Gasteiger charge is -2.32. The molecular formula is C26H34O2. The molecule has 0 aromatic heterocycles. The normalized spacial score (nSPS) is 17.2. The summed E-state index contributed by atoms with van der Waals surface area (Å²) < 4.78 is 11.5. The molecule has 2 nitrogen and oxygen atoms in total. The van der Waals surface area contributed by atoms with Gasteiger partial charge in [-0.15, -0.1) is 0 Å². The Balaban J connectivity index is 1.86. The number of allylic oxidation sites excluding steroid dienone is 3. The highest BCUT2D eigenvalue weighted by Gasteiger charge is 2.26. The first-order valence-electron chi connectivity index (χ1n) is 10.6. The van der Waals surface area contributed by atoms with Gasteiger partial charge in [-0.1, -0.05) is 55.8 Å². The van der Waals surface area contributed by atoms with Gasteiger partial charge in [-0.25, -0.2) is 0 Å². The molecule has 0 bridgehead atoms. The van der Waals surface area contributed by atoms with Crippen LogP contribution >= 0.6 is 0 Å². The Hall–Kier alpha value is -1.90. The molecule has 28 heavy (non-hydrogen) atoms. The van der Waals surface area contributed by atoms with Crippen LogP contribution in [0.4, 0.5) is 0 Å². The van der Waals surface area contributed by atoms with Crippen LogP contribution < -0.4 is 0 Å². The van der Waals surface area contributed by atoms with Gasteiger partial charge in [0, 0.05) is 18.8 Å². The lowest BCUT2D eigenvalue weighted by Crippen LogP contribution is -2.18. The third-order valence-corrected chi connectivity index (χ3v) is 5.78. The molecule has 0 aliphatic heterocycles. The van der Waals surface area contributed by atoms with Crippen LogP contribution in [0.15, 0.2) is 53.6 Å². The van der Waals surface area contributed by atoms with E-state index in [4.69, 9.17) is 9.47 Å².